The fourth-order valence-corrected chi connectivity index (χ4v) is 1.02. The summed E-state index contributed by atoms with van der Waals surface area (Å²) in [6.45, 7) is 4.25. The van der Waals surface area contributed by atoms with Crippen LogP contribution in [0.1, 0.15) is 19.4 Å². The molecule has 0 aliphatic carbocycles. The standard InChI is InChI=1S/C10H14NO/c1-8(2)12-10-6-4-3-5-9(10)7-11/h3-6,8,11H,7H2,1-2H3. The van der Waals surface area contributed by atoms with Gasteiger partial charge in [-0.05, 0) is 19.9 Å². The maximum absolute atomic E-state index is 7.25. The highest BCUT2D eigenvalue weighted by atomic mass is 16.5. The molecular formula is C10H14NO. The van der Waals surface area contributed by atoms with Crippen molar-refractivity contribution < 1.29 is 4.74 Å². The van der Waals surface area contributed by atoms with Gasteiger partial charge in [0.1, 0.15) is 5.75 Å². The summed E-state index contributed by atoms with van der Waals surface area (Å²) < 4.78 is 5.52. The molecule has 0 aliphatic rings. The van der Waals surface area contributed by atoms with Crippen molar-refractivity contribution in [2.45, 2.75) is 26.5 Å². The van der Waals surface area contributed by atoms with Gasteiger partial charge in [0, 0.05) is 12.1 Å². The van der Waals surface area contributed by atoms with E-state index in [1.54, 1.807) is 0 Å². The second-order valence-electron chi connectivity index (χ2n) is 2.95. The fourth-order valence-electron chi connectivity index (χ4n) is 1.02. The summed E-state index contributed by atoms with van der Waals surface area (Å²) in [5.41, 5.74) is 8.20. The number of hydrogen-bond acceptors (Lipinski definition) is 1. The first-order valence-corrected chi connectivity index (χ1v) is 4.13. The molecule has 0 atom stereocenters. The number of nitrogens with one attached hydrogen (secondary N) is 1. The van der Waals surface area contributed by atoms with Gasteiger partial charge in [0.15, 0.2) is 0 Å². The van der Waals surface area contributed by atoms with Gasteiger partial charge >= 0.3 is 0 Å². The van der Waals surface area contributed by atoms with Gasteiger partial charge in [0.2, 0.25) is 0 Å². The highest BCUT2D eigenvalue weighted by Crippen LogP contribution is 2.18. The molecule has 0 fully saturated rings. The summed E-state index contributed by atoms with van der Waals surface area (Å²) >= 11 is 0. The first-order chi connectivity index (χ1) is 5.74. The van der Waals surface area contributed by atoms with Crippen LogP contribution in [0.5, 0.6) is 5.75 Å². The highest BCUT2D eigenvalue weighted by Gasteiger charge is 2.01. The van der Waals surface area contributed by atoms with Crippen LogP contribution < -0.4 is 10.5 Å². The summed E-state index contributed by atoms with van der Waals surface area (Å²) in [7, 11) is 0. The maximum atomic E-state index is 7.25. The van der Waals surface area contributed by atoms with Crippen LogP contribution in [0, 0.1) is 0 Å². The van der Waals surface area contributed by atoms with Crippen molar-refractivity contribution in [3.63, 3.8) is 0 Å². The topological polar surface area (TPSA) is 33.0 Å². The summed E-state index contributed by atoms with van der Waals surface area (Å²) in [6, 6.07) is 7.68. The zero-order valence-electron chi connectivity index (χ0n) is 7.50. The van der Waals surface area contributed by atoms with Gasteiger partial charge in [0.05, 0.1) is 6.10 Å². The second-order valence-corrected chi connectivity index (χ2v) is 2.95. The molecule has 0 saturated heterocycles. The first kappa shape index (κ1) is 9.07. The number of benzene rings is 1. The molecule has 1 radical (unpaired) electrons. The monoisotopic (exact) mass is 164 g/mol. The van der Waals surface area contributed by atoms with Gasteiger partial charge in [-0.1, -0.05) is 18.2 Å². The van der Waals surface area contributed by atoms with E-state index in [0.717, 1.165) is 11.3 Å². The van der Waals surface area contributed by atoms with Crippen LogP contribution in [0.4, 0.5) is 0 Å². The average molecular weight is 164 g/mol. The van der Waals surface area contributed by atoms with Crippen LogP contribution in [-0.4, -0.2) is 6.10 Å². The van der Waals surface area contributed by atoms with Gasteiger partial charge in [-0.2, -0.15) is 0 Å². The molecule has 65 valence electrons. The van der Waals surface area contributed by atoms with Gasteiger partial charge in [-0.25, -0.2) is 0 Å². The van der Waals surface area contributed by atoms with E-state index in [2.05, 4.69) is 0 Å². The molecule has 2 heteroatoms. The molecule has 0 amide bonds. The molecule has 0 spiro atoms. The molecule has 1 aromatic carbocycles. The number of para-hydroxylation sites is 1. The Kier molecular flexibility index (Phi) is 3.11. The molecule has 2 nitrogen and oxygen atoms in total. The molecule has 0 bridgehead atoms. The van der Waals surface area contributed by atoms with E-state index in [-0.39, 0.29) is 12.6 Å². The second kappa shape index (κ2) is 4.12. The number of rotatable bonds is 3. The molecule has 0 unspecified atom stereocenters. The van der Waals surface area contributed by atoms with Crippen LogP contribution in [0.25, 0.3) is 0 Å². The third kappa shape index (κ3) is 2.24. The van der Waals surface area contributed by atoms with E-state index in [1.807, 2.05) is 38.1 Å². The van der Waals surface area contributed by atoms with E-state index < -0.39 is 0 Å². The van der Waals surface area contributed by atoms with Crippen LogP contribution >= 0.6 is 0 Å². The van der Waals surface area contributed by atoms with Gasteiger partial charge in [-0.15, -0.1) is 0 Å². The van der Waals surface area contributed by atoms with E-state index in [1.165, 1.54) is 0 Å². The van der Waals surface area contributed by atoms with E-state index in [4.69, 9.17) is 10.5 Å². The minimum absolute atomic E-state index is 0.178. The Morgan fingerprint density at radius 3 is 2.58 bits per heavy atom. The third-order valence-electron chi connectivity index (χ3n) is 1.53. The molecule has 0 aromatic heterocycles. The molecule has 12 heavy (non-hydrogen) atoms. The first-order valence-electron chi connectivity index (χ1n) is 4.13. The van der Waals surface area contributed by atoms with Crippen molar-refractivity contribution in [2.24, 2.45) is 0 Å². The van der Waals surface area contributed by atoms with Crippen molar-refractivity contribution in [1.29, 1.82) is 0 Å². The van der Waals surface area contributed by atoms with Crippen LogP contribution in [-0.2, 0) is 6.54 Å². The minimum Gasteiger partial charge on any atom is -0.491 e. The van der Waals surface area contributed by atoms with E-state index in [0.29, 0.717) is 0 Å². The quantitative estimate of drug-likeness (QED) is 0.674. The summed E-state index contributed by atoms with van der Waals surface area (Å²) in [5.74, 6) is 0.836. The molecule has 0 heterocycles. The lowest BCUT2D eigenvalue weighted by atomic mass is 10.2. The Balaban J connectivity index is 2.82. The fraction of sp³-hybridized carbons (Fsp3) is 0.400. The van der Waals surface area contributed by atoms with Crippen LogP contribution in [0.3, 0.4) is 0 Å². The van der Waals surface area contributed by atoms with E-state index in [9.17, 15) is 0 Å². The Morgan fingerprint density at radius 1 is 1.33 bits per heavy atom. The Bertz CT molecular complexity index is 245. The normalized spacial score (nSPS) is 10.3. The highest BCUT2D eigenvalue weighted by molar-refractivity contribution is 5.33. The van der Waals surface area contributed by atoms with Crippen molar-refractivity contribution in [1.82, 2.24) is 5.73 Å². The van der Waals surface area contributed by atoms with Crippen LogP contribution in [0.2, 0.25) is 0 Å². The summed E-state index contributed by atoms with van der Waals surface area (Å²) in [5, 5.41) is 0. The largest absolute Gasteiger partial charge is 0.491 e. The minimum atomic E-state index is 0.178. The molecule has 0 aliphatic heterocycles. The lowest BCUT2D eigenvalue weighted by molar-refractivity contribution is 0.240. The van der Waals surface area contributed by atoms with Crippen molar-refractivity contribution in [3.05, 3.63) is 29.8 Å². The van der Waals surface area contributed by atoms with Crippen molar-refractivity contribution in [3.8, 4) is 5.75 Å². The number of ether oxygens (including phenoxy) is 1. The third-order valence-corrected chi connectivity index (χ3v) is 1.53. The molecule has 0 saturated carbocycles. The maximum Gasteiger partial charge on any atom is 0.124 e. The molecular weight excluding hydrogens is 150 g/mol. The molecule has 1 rings (SSSR count). The van der Waals surface area contributed by atoms with Gasteiger partial charge in [0.25, 0.3) is 0 Å². The van der Waals surface area contributed by atoms with E-state index >= 15 is 0 Å². The Hall–Kier alpha value is -1.02. The van der Waals surface area contributed by atoms with Crippen LogP contribution in [0.15, 0.2) is 24.3 Å². The molecule has 1 aromatic rings. The predicted octanol–water partition coefficient (Wildman–Crippen LogP) is 2.26. The zero-order chi connectivity index (χ0) is 8.97. The smallest absolute Gasteiger partial charge is 0.124 e. The van der Waals surface area contributed by atoms with Gasteiger partial charge < -0.3 is 4.74 Å². The van der Waals surface area contributed by atoms with Gasteiger partial charge in [-0.3, -0.25) is 5.73 Å². The lowest BCUT2D eigenvalue weighted by Crippen LogP contribution is -2.07. The van der Waals surface area contributed by atoms with Crippen molar-refractivity contribution in [2.75, 3.05) is 0 Å². The summed E-state index contributed by atoms with van der Waals surface area (Å²) in [4.78, 5) is 0. The summed E-state index contributed by atoms with van der Waals surface area (Å²) in [6.07, 6.45) is 0.178. The average Bonchev–Trinajstić information content (AvgIpc) is 2.04. The Labute approximate surface area is 73.3 Å². The van der Waals surface area contributed by atoms with Crippen molar-refractivity contribution >= 4 is 0 Å². The predicted molar refractivity (Wildman–Crippen MR) is 49.0 cm³/mol. The molecule has 1 N–H and O–H groups in total. The number of hydrogen-bond donors (Lipinski definition) is 0. The zero-order valence-corrected chi connectivity index (χ0v) is 7.50. The Morgan fingerprint density at radius 2 is 2.00 bits per heavy atom. The lowest BCUT2D eigenvalue weighted by Gasteiger charge is -2.12. The SMILES string of the molecule is CC(C)Oc1ccccc1C[NH].